The Hall–Kier alpha value is -2.37. The first kappa shape index (κ1) is 18.4. The molecular weight excluding hydrogens is 366 g/mol. The van der Waals surface area contributed by atoms with Crippen LogP contribution in [0.2, 0.25) is 5.02 Å². The van der Waals surface area contributed by atoms with Crippen molar-refractivity contribution in [2.45, 2.75) is 26.8 Å². The van der Waals surface area contributed by atoms with Gasteiger partial charge in [-0.3, -0.25) is 4.79 Å². The molecule has 3 N–H and O–H groups in total. The lowest BCUT2D eigenvalue weighted by atomic mass is 9.94. The van der Waals surface area contributed by atoms with Crippen LogP contribution in [0.4, 0.5) is 5.69 Å². The highest BCUT2D eigenvalue weighted by Gasteiger charge is 2.31. The molecule has 0 saturated heterocycles. The Bertz CT molecular complexity index is 923. The Labute approximate surface area is 163 Å². The largest absolute Gasteiger partial charge is 0.351 e. The van der Waals surface area contributed by atoms with Crippen LogP contribution >= 0.6 is 23.8 Å². The van der Waals surface area contributed by atoms with Crippen LogP contribution in [0.3, 0.4) is 0 Å². The van der Waals surface area contributed by atoms with Gasteiger partial charge in [0.05, 0.1) is 11.6 Å². The van der Waals surface area contributed by atoms with Crippen molar-refractivity contribution in [3.8, 4) is 0 Å². The summed E-state index contributed by atoms with van der Waals surface area (Å²) in [5.41, 5.74) is 5.03. The minimum absolute atomic E-state index is 0.193. The first-order valence-electron chi connectivity index (χ1n) is 8.28. The molecule has 0 bridgehead atoms. The van der Waals surface area contributed by atoms with Gasteiger partial charge in [-0.25, -0.2) is 0 Å². The predicted molar refractivity (Wildman–Crippen MR) is 110 cm³/mol. The summed E-state index contributed by atoms with van der Waals surface area (Å²) in [6.45, 7) is 5.84. The van der Waals surface area contributed by atoms with E-state index < -0.39 is 6.04 Å². The van der Waals surface area contributed by atoms with Crippen LogP contribution in [-0.2, 0) is 4.79 Å². The highest BCUT2D eigenvalue weighted by Crippen LogP contribution is 2.32. The molecule has 1 aliphatic rings. The van der Waals surface area contributed by atoms with Gasteiger partial charge < -0.3 is 16.0 Å². The van der Waals surface area contributed by atoms with Crippen LogP contribution in [0.1, 0.15) is 29.7 Å². The molecule has 1 unspecified atom stereocenters. The molecule has 1 aliphatic heterocycles. The van der Waals surface area contributed by atoms with Gasteiger partial charge in [-0.05, 0) is 56.2 Å². The van der Waals surface area contributed by atoms with Gasteiger partial charge in [0.25, 0.3) is 5.91 Å². The zero-order valence-corrected chi connectivity index (χ0v) is 16.4. The standard InChI is InChI=1S/C20H20ClN3OS/c1-11-8-9-16(12(2)10-11)23-19(25)17-13(3)22-20(26)24-18(17)14-6-4-5-7-15(14)21/h4-10,18H,1-3H3,(H,23,25)(H2,22,24,26). The quantitative estimate of drug-likeness (QED) is 0.686. The van der Waals surface area contributed by atoms with Crippen molar-refractivity contribution in [2.75, 3.05) is 5.32 Å². The van der Waals surface area contributed by atoms with Gasteiger partial charge in [0.2, 0.25) is 0 Å². The third-order valence-electron chi connectivity index (χ3n) is 4.36. The maximum atomic E-state index is 13.1. The maximum Gasteiger partial charge on any atom is 0.255 e. The summed E-state index contributed by atoms with van der Waals surface area (Å²) in [5.74, 6) is -0.193. The molecule has 6 heteroatoms. The van der Waals surface area contributed by atoms with Gasteiger partial charge in [-0.1, -0.05) is 47.5 Å². The Balaban J connectivity index is 1.98. The highest BCUT2D eigenvalue weighted by molar-refractivity contribution is 7.80. The number of aryl methyl sites for hydroxylation is 2. The summed E-state index contributed by atoms with van der Waals surface area (Å²) in [4.78, 5) is 13.1. The lowest BCUT2D eigenvalue weighted by molar-refractivity contribution is -0.113. The fourth-order valence-corrected chi connectivity index (χ4v) is 3.60. The minimum atomic E-state index is -0.414. The van der Waals surface area contributed by atoms with Crippen molar-refractivity contribution in [3.05, 3.63) is 75.4 Å². The zero-order valence-electron chi connectivity index (χ0n) is 14.8. The maximum absolute atomic E-state index is 13.1. The summed E-state index contributed by atoms with van der Waals surface area (Å²) in [6.07, 6.45) is 0. The predicted octanol–water partition coefficient (Wildman–Crippen LogP) is 4.39. The second-order valence-corrected chi connectivity index (χ2v) is 7.18. The van der Waals surface area contributed by atoms with E-state index in [9.17, 15) is 4.79 Å². The number of rotatable bonds is 3. The molecule has 2 aromatic carbocycles. The molecule has 0 saturated carbocycles. The van der Waals surface area contributed by atoms with E-state index in [0.717, 1.165) is 22.4 Å². The van der Waals surface area contributed by atoms with Crippen molar-refractivity contribution in [2.24, 2.45) is 0 Å². The average Bonchev–Trinajstić information content (AvgIpc) is 2.57. The van der Waals surface area contributed by atoms with E-state index in [2.05, 4.69) is 16.0 Å². The van der Waals surface area contributed by atoms with Crippen molar-refractivity contribution in [1.82, 2.24) is 10.6 Å². The Morgan fingerprint density at radius 3 is 2.58 bits per heavy atom. The number of nitrogens with one attached hydrogen (secondary N) is 3. The summed E-state index contributed by atoms with van der Waals surface area (Å²) in [5, 5.41) is 10.3. The molecule has 1 heterocycles. The van der Waals surface area contributed by atoms with E-state index in [1.54, 1.807) is 6.07 Å². The summed E-state index contributed by atoms with van der Waals surface area (Å²) < 4.78 is 0. The Morgan fingerprint density at radius 1 is 1.15 bits per heavy atom. The fourth-order valence-electron chi connectivity index (χ4n) is 3.08. The third kappa shape index (κ3) is 3.74. The number of carbonyl (C=O) groups is 1. The average molecular weight is 386 g/mol. The van der Waals surface area contributed by atoms with E-state index in [1.165, 1.54) is 0 Å². The lowest BCUT2D eigenvalue weighted by Crippen LogP contribution is -2.45. The summed E-state index contributed by atoms with van der Waals surface area (Å²) >= 11 is 11.6. The van der Waals surface area contributed by atoms with Crippen LogP contribution in [0.15, 0.2) is 53.7 Å². The molecule has 1 amide bonds. The fraction of sp³-hybridized carbons (Fsp3) is 0.200. The number of hydrogen-bond acceptors (Lipinski definition) is 2. The molecule has 0 aliphatic carbocycles. The molecule has 26 heavy (non-hydrogen) atoms. The van der Waals surface area contributed by atoms with Crippen molar-refractivity contribution < 1.29 is 4.79 Å². The molecule has 4 nitrogen and oxygen atoms in total. The molecule has 0 aromatic heterocycles. The van der Waals surface area contributed by atoms with Crippen molar-refractivity contribution >= 4 is 40.5 Å². The molecule has 0 spiro atoms. The normalized spacial score (nSPS) is 16.8. The monoisotopic (exact) mass is 385 g/mol. The molecule has 2 aromatic rings. The SMILES string of the molecule is CC1=C(C(=O)Nc2ccc(C)cc2C)C(c2ccccc2Cl)NC(=S)N1. The van der Waals surface area contributed by atoms with Gasteiger partial charge >= 0.3 is 0 Å². The minimum Gasteiger partial charge on any atom is -0.351 e. The van der Waals surface area contributed by atoms with Crippen LogP contribution in [0.5, 0.6) is 0 Å². The Morgan fingerprint density at radius 2 is 1.88 bits per heavy atom. The lowest BCUT2D eigenvalue weighted by Gasteiger charge is -2.31. The first-order valence-corrected chi connectivity index (χ1v) is 9.06. The number of amides is 1. The van der Waals surface area contributed by atoms with Crippen molar-refractivity contribution in [3.63, 3.8) is 0 Å². The number of anilines is 1. The number of carbonyl (C=O) groups excluding carboxylic acids is 1. The second-order valence-electron chi connectivity index (χ2n) is 6.36. The number of benzene rings is 2. The summed E-state index contributed by atoms with van der Waals surface area (Å²) in [6, 6.07) is 13.0. The van der Waals surface area contributed by atoms with E-state index >= 15 is 0 Å². The van der Waals surface area contributed by atoms with Crippen LogP contribution in [0, 0.1) is 13.8 Å². The van der Waals surface area contributed by atoms with Gasteiger partial charge in [0.1, 0.15) is 0 Å². The molecule has 134 valence electrons. The molecule has 0 radical (unpaired) electrons. The third-order valence-corrected chi connectivity index (χ3v) is 4.92. The topological polar surface area (TPSA) is 53.2 Å². The van der Waals surface area contributed by atoms with Crippen LogP contribution in [0.25, 0.3) is 0 Å². The van der Waals surface area contributed by atoms with Gasteiger partial charge in [-0.2, -0.15) is 0 Å². The van der Waals surface area contributed by atoms with Crippen LogP contribution in [-0.4, -0.2) is 11.0 Å². The smallest absolute Gasteiger partial charge is 0.255 e. The van der Waals surface area contributed by atoms with E-state index in [1.807, 2.05) is 57.2 Å². The van der Waals surface area contributed by atoms with Gasteiger partial charge in [0, 0.05) is 16.4 Å². The summed E-state index contributed by atoms with van der Waals surface area (Å²) in [7, 11) is 0. The van der Waals surface area contributed by atoms with E-state index in [4.69, 9.17) is 23.8 Å². The number of allylic oxidation sites excluding steroid dienone is 1. The number of hydrogen-bond donors (Lipinski definition) is 3. The first-order chi connectivity index (χ1) is 12.4. The molecule has 0 fully saturated rings. The van der Waals surface area contributed by atoms with E-state index in [0.29, 0.717) is 21.4 Å². The van der Waals surface area contributed by atoms with Gasteiger partial charge in [-0.15, -0.1) is 0 Å². The van der Waals surface area contributed by atoms with Crippen LogP contribution < -0.4 is 16.0 Å². The molecule has 3 rings (SSSR count). The second kappa shape index (κ2) is 7.48. The number of halogens is 1. The van der Waals surface area contributed by atoms with E-state index in [-0.39, 0.29) is 5.91 Å². The van der Waals surface area contributed by atoms with Crippen molar-refractivity contribution in [1.29, 1.82) is 0 Å². The molecule has 1 atom stereocenters. The zero-order chi connectivity index (χ0) is 18.8. The number of thiocarbonyl (C=S) groups is 1. The Kier molecular flexibility index (Phi) is 5.30. The highest BCUT2D eigenvalue weighted by atomic mass is 35.5. The molecular formula is C20H20ClN3OS. The van der Waals surface area contributed by atoms with Gasteiger partial charge in [0.15, 0.2) is 5.11 Å².